The maximum Gasteiger partial charge on any atom is 0.251 e. The number of halogens is 2. The Labute approximate surface area is 153 Å². The van der Waals surface area contributed by atoms with E-state index in [1.807, 2.05) is 42.8 Å². The third kappa shape index (κ3) is 5.03. The van der Waals surface area contributed by atoms with Crippen LogP contribution < -0.4 is 10.6 Å². The number of hydrogen-bond acceptors (Lipinski definition) is 3. The van der Waals surface area contributed by atoms with Gasteiger partial charge in [-0.15, -0.1) is 12.4 Å². The number of nitrogens with zero attached hydrogens (tertiary/aromatic N) is 2. The third-order valence-corrected chi connectivity index (χ3v) is 4.30. The zero-order valence-corrected chi connectivity index (χ0v) is 15.3. The number of benzene rings is 1. The molecule has 0 unspecified atom stereocenters. The topological polar surface area (TPSA) is 59.0 Å². The quantitative estimate of drug-likeness (QED) is 0.854. The molecule has 2 heterocycles. The predicted octanol–water partition coefficient (Wildman–Crippen LogP) is 2.40. The molecule has 1 aliphatic heterocycles. The van der Waals surface area contributed by atoms with Gasteiger partial charge in [-0.2, -0.15) is 5.10 Å². The number of carbonyl (C=O) groups excluding carboxylic acids is 1. The number of aryl methyl sites for hydroxylation is 2. The number of hydrogen-bond donors (Lipinski definition) is 2. The van der Waals surface area contributed by atoms with Crippen LogP contribution in [0.5, 0.6) is 0 Å². The lowest BCUT2D eigenvalue weighted by molar-refractivity contribution is 0.0950. The molecule has 3 rings (SSSR count). The van der Waals surface area contributed by atoms with E-state index in [9.17, 15) is 9.18 Å². The van der Waals surface area contributed by atoms with Gasteiger partial charge in [0.05, 0.1) is 12.2 Å². The Balaban J connectivity index is 0.00000225. The summed E-state index contributed by atoms with van der Waals surface area (Å²) in [5, 5.41) is 10.4. The summed E-state index contributed by atoms with van der Waals surface area (Å²) in [6.45, 7) is 5.43. The molecule has 0 spiro atoms. The minimum Gasteiger partial charge on any atom is -0.350 e. The van der Waals surface area contributed by atoms with Gasteiger partial charge in [-0.1, -0.05) is 12.1 Å². The van der Waals surface area contributed by atoms with Crippen molar-refractivity contribution < 1.29 is 9.18 Å². The highest BCUT2D eigenvalue weighted by atomic mass is 35.5. The van der Waals surface area contributed by atoms with E-state index in [2.05, 4.69) is 15.7 Å². The van der Waals surface area contributed by atoms with Gasteiger partial charge in [0.15, 0.2) is 0 Å². The van der Waals surface area contributed by atoms with Crippen molar-refractivity contribution in [3.05, 3.63) is 52.8 Å². The van der Waals surface area contributed by atoms with Gasteiger partial charge in [-0.05, 0) is 44.0 Å². The van der Waals surface area contributed by atoms with Gasteiger partial charge < -0.3 is 10.6 Å². The second kappa shape index (κ2) is 8.45. The molecule has 2 atom stereocenters. The normalized spacial score (nSPS) is 19.5. The summed E-state index contributed by atoms with van der Waals surface area (Å²) >= 11 is 0. The first-order valence-corrected chi connectivity index (χ1v) is 8.27. The van der Waals surface area contributed by atoms with Crippen molar-refractivity contribution in [3.63, 3.8) is 0 Å². The molecule has 1 fully saturated rings. The number of rotatable bonds is 5. The molecule has 0 saturated carbocycles. The molecule has 7 heteroatoms. The lowest BCUT2D eigenvalue weighted by atomic mass is 10.1. The summed E-state index contributed by atoms with van der Waals surface area (Å²) in [6.07, 6.45) is -0.353. The monoisotopic (exact) mass is 366 g/mol. The first-order chi connectivity index (χ1) is 11.5. The summed E-state index contributed by atoms with van der Waals surface area (Å²) in [4.78, 5) is 12.3. The standard InChI is InChI=1S/C18H23FN4O.ClH/c1-12-6-13(2)23(22-12)11-14-4-3-5-15(7-14)18(24)21-10-17-8-16(19)9-20-17;/h3-7,16-17,20H,8-11H2,1-2H3,(H,21,24);1H/t16-,17-;/m0./s1. The predicted molar refractivity (Wildman–Crippen MR) is 98.1 cm³/mol. The molecule has 25 heavy (non-hydrogen) atoms. The number of amides is 1. The Morgan fingerprint density at radius 1 is 1.40 bits per heavy atom. The van der Waals surface area contributed by atoms with Crippen LogP contribution in [0.1, 0.15) is 33.7 Å². The van der Waals surface area contributed by atoms with Crippen LogP contribution in [-0.2, 0) is 6.54 Å². The number of aromatic nitrogens is 2. The third-order valence-electron chi connectivity index (χ3n) is 4.30. The zero-order chi connectivity index (χ0) is 17.1. The molecule has 5 nitrogen and oxygen atoms in total. The smallest absolute Gasteiger partial charge is 0.251 e. The second-order valence-corrected chi connectivity index (χ2v) is 6.43. The molecule has 1 aromatic heterocycles. The average Bonchev–Trinajstić information content (AvgIpc) is 3.10. The molecule has 1 amide bonds. The van der Waals surface area contributed by atoms with E-state index in [4.69, 9.17) is 0 Å². The molecule has 1 aromatic carbocycles. The van der Waals surface area contributed by atoms with Gasteiger partial charge in [0, 0.05) is 30.4 Å². The molecule has 0 radical (unpaired) electrons. The average molecular weight is 367 g/mol. The first-order valence-electron chi connectivity index (χ1n) is 8.27. The Bertz CT molecular complexity index is 734. The minimum atomic E-state index is -0.809. The molecule has 2 aromatic rings. The Kier molecular flexibility index (Phi) is 6.56. The summed E-state index contributed by atoms with van der Waals surface area (Å²) in [5.74, 6) is -0.130. The highest BCUT2D eigenvalue weighted by Crippen LogP contribution is 2.11. The van der Waals surface area contributed by atoms with Crippen LogP contribution in [0.4, 0.5) is 4.39 Å². The van der Waals surface area contributed by atoms with E-state index in [-0.39, 0.29) is 24.4 Å². The van der Waals surface area contributed by atoms with E-state index in [0.717, 1.165) is 17.0 Å². The van der Waals surface area contributed by atoms with Crippen LogP contribution in [0.15, 0.2) is 30.3 Å². The van der Waals surface area contributed by atoms with E-state index in [1.54, 1.807) is 6.07 Å². The fraction of sp³-hybridized carbons (Fsp3) is 0.444. The van der Waals surface area contributed by atoms with E-state index >= 15 is 0 Å². The first kappa shape index (κ1) is 19.4. The molecule has 0 bridgehead atoms. The lowest BCUT2D eigenvalue weighted by Gasteiger charge is -2.12. The summed E-state index contributed by atoms with van der Waals surface area (Å²) in [7, 11) is 0. The number of nitrogens with one attached hydrogen (secondary N) is 2. The zero-order valence-electron chi connectivity index (χ0n) is 14.5. The Hall–Kier alpha value is -1.92. The minimum absolute atomic E-state index is 0. The Morgan fingerprint density at radius 3 is 2.84 bits per heavy atom. The van der Waals surface area contributed by atoms with Gasteiger partial charge in [-0.3, -0.25) is 9.48 Å². The fourth-order valence-electron chi connectivity index (χ4n) is 3.06. The van der Waals surface area contributed by atoms with Crippen molar-refractivity contribution in [2.75, 3.05) is 13.1 Å². The molecule has 2 N–H and O–H groups in total. The van der Waals surface area contributed by atoms with Crippen molar-refractivity contribution >= 4 is 18.3 Å². The van der Waals surface area contributed by atoms with Gasteiger partial charge in [0.2, 0.25) is 0 Å². The maximum atomic E-state index is 13.1. The highest BCUT2D eigenvalue weighted by molar-refractivity contribution is 5.94. The van der Waals surface area contributed by atoms with Crippen molar-refractivity contribution in [3.8, 4) is 0 Å². The van der Waals surface area contributed by atoms with Crippen LogP contribution in [-0.4, -0.2) is 41.0 Å². The van der Waals surface area contributed by atoms with Crippen LogP contribution in [0.25, 0.3) is 0 Å². The number of alkyl halides is 1. The van der Waals surface area contributed by atoms with Crippen LogP contribution >= 0.6 is 12.4 Å². The van der Waals surface area contributed by atoms with E-state index in [1.165, 1.54) is 0 Å². The van der Waals surface area contributed by atoms with Gasteiger partial charge in [0.1, 0.15) is 6.17 Å². The van der Waals surface area contributed by atoms with E-state index < -0.39 is 6.17 Å². The summed E-state index contributed by atoms with van der Waals surface area (Å²) < 4.78 is 15.1. The van der Waals surface area contributed by atoms with Gasteiger partial charge in [0.25, 0.3) is 5.91 Å². The molecule has 1 saturated heterocycles. The maximum absolute atomic E-state index is 13.1. The van der Waals surface area contributed by atoms with Crippen LogP contribution in [0.3, 0.4) is 0 Å². The van der Waals surface area contributed by atoms with Crippen LogP contribution in [0, 0.1) is 13.8 Å². The van der Waals surface area contributed by atoms with Crippen molar-refractivity contribution in [1.29, 1.82) is 0 Å². The molecular weight excluding hydrogens is 343 g/mol. The SMILES string of the molecule is Cc1cc(C)n(Cc2cccc(C(=O)NC[C@@H]3C[C@H](F)CN3)c2)n1.Cl. The van der Waals surface area contributed by atoms with Crippen molar-refractivity contribution in [2.24, 2.45) is 0 Å². The second-order valence-electron chi connectivity index (χ2n) is 6.43. The van der Waals surface area contributed by atoms with Gasteiger partial charge >= 0.3 is 0 Å². The summed E-state index contributed by atoms with van der Waals surface area (Å²) in [6, 6.07) is 9.58. The molecule has 1 aliphatic rings. The van der Waals surface area contributed by atoms with Crippen molar-refractivity contribution in [2.45, 2.75) is 39.0 Å². The van der Waals surface area contributed by atoms with E-state index in [0.29, 0.717) is 31.6 Å². The molecular formula is C18H24ClFN4O. The fourth-order valence-corrected chi connectivity index (χ4v) is 3.06. The van der Waals surface area contributed by atoms with Crippen LogP contribution in [0.2, 0.25) is 0 Å². The highest BCUT2D eigenvalue weighted by Gasteiger charge is 2.23. The van der Waals surface area contributed by atoms with Crippen molar-refractivity contribution in [1.82, 2.24) is 20.4 Å². The lowest BCUT2D eigenvalue weighted by Crippen LogP contribution is -2.37. The number of carbonyl (C=O) groups is 1. The molecule has 0 aliphatic carbocycles. The van der Waals surface area contributed by atoms with Gasteiger partial charge in [-0.25, -0.2) is 4.39 Å². The largest absolute Gasteiger partial charge is 0.350 e. The Morgan fingerprint density at radius 2 is 2.20 bits per heavy atom. The summed E-state index contributed by atoms with van der Waals surface area (Å²) in [5.41, 5.74) is 3.72. The molecule has 136 valence electrons.